The van der Waals surface area contributed by atoms with E-state index in [2.05, 4.69) is 6.58 Å². The van der Waals surface area contributed by atoms with Crippen molar-refractivity contribution in [2.75, 3.05) is 0 Å². The van der Waals surface area contributed by atoms with Gasteiger partial charge in [-0.1, -0.05) is 12.7 Å². The summed E-state index contributed by atoms with van der Waals surface area (Å²) in [7, 11) is 0. The molecule has 8 heavy (non-hydrogen) atoms. The summed E-state index contributed by atoms with van der Waals surface area (Å²) >= 11 is 0. The predicted octanol–water partition coefficient (Wildman–Crippen LogP) is 0.699. The molecule has 0 aromatic carbocycles. The second-order valence-electron chi connectivity index (χ2n) is 1.09. The molecule has 0 aliphatic carbocycles. The van der Waals surface area contributed by atoms with Crippen LogP contribution in [0.2, 0.25) is 0 Å². The minimum atomic E-state index is -1.34. The van der Waals surface area contributed by atoms with Gasteiger partial charge in [-0.2, -0.15) is 0 Å². The second-order valence-corrected chi connectivity index (χ2v) is 1.09. The molecule has 0 aliphatic rings. The molecule has 0 spiro atoms. The third-order valence-corrected chi connectivity index (χ3v) is 0.495. The molecular formula is C5H6O3. The summed E-state index contributed by atoms with van der Waals surface area (Å²) in [5.74, 6) is -2.04. The molecule has 0 radical (unpaired) electrons. The molecule has 3 nitrogen and oxygen atoms in total. The number of carbonyl (C=O) groups is 1. The maximum Gasteiger partial charge on any atom is 0.370 e. The lowest BCUT2D eigenvalue weighted by atomic mass is 10.4. The molecular weight excluding hydrogens is 108 g/mol. The normalized spacial score (nSPS) is 10.8. The van der Waals surface area contributed by atoms with Gasteiger partial charge in [-0.25, -0.2) is 4.79 Å². The Morgan fingerprint density at radius 2 is 2.00 bits per heavy atom. The first kappa shape index (κ1) is 6.75. The van der Waals surface area contributed by atoms with Crippen molar-refractivity contribution in [2.45, 2.75) is 0 Å². The first-order valence-electron chi connectivity index (χ1n) is 1.93. The lowest BCUT2D eigenvalue weighted by molar-refractivity contribution is -0.135. The topological polar surface area (TPSA) is 57.5 Å². The smallest absolute Gasteiger partial charge is 0.370 e. The number of rotatable bonds is 2. The Morgan fingerprint density at radius 3 is 2.12 bits per heavy atom. The van der Waals surface area contributed by atoms with Crippen molar-refractivity contribution in [3.8, 4) is 0 Å². The van der Waals surface area contributed by atoms with Gasteiger partial charge in [0.15, 0.2) is 0 Å². The number of aliphatic carboxylic acids is 1. The molecule has 0 aromatic rings. The molecule has 44 valence electrons. The summed E-state index contributed by atoms with van der Waals surface area (Å²) in [6, 6.07) is 0. The summed E-state index contributed by atoms with van der Waals surface area (Å²) in [5, 5.41) is 16.3. The van der Waals surface area contributed by atoms with Crippen molar-refractivity contribution in [3.63, 3.8) is 0 Å². The number of allylic oxidation sites excluding steroid dienone is 2. The summed E-state index contributed by atoms with van der Waals surface area (Å²) in [5.41, 5.74) is 0. The summed E-state index contributed by atoms with van der Waals surface area (Å²) < 4.78 is 0. The zero-order chi connectivity index (χ0) is 6.57. The van der Waals surface area contributed by atoms with Crippen LogP contribution in [0.1, 0.15) is 0 Å². The molecule has 0 fully saturated rings. The second kappa shape index (κ2) is 2.85. The summed E-state index contributed by atoms with van der Waals surface area (Å²) in [6.45, 7) is 3.18. The first-order valence-corrected chi connectivity index (χ1v) is 1.93. The zero-order valence-corrected chi connectivity index (χ0v) is 4.16. The number of hydrogen-bond acceptors (Lipinski definition) is 2. The van der Waals surface area contributed by atoms with Gasteiger partial charge in [-0.15, -0.1) is 0 Å². The average Bonchev–Trinajstić information content (AvgIpc) is 1.67. The summed E-state index contributed by atoms with van der Waals surface area (Å²) in [4.78, 5) is 9.72. The van der Waals surface area contributed by atoms with Crippen molar-refractivity contribution >= 4 is 5.97 Å². The van der Waals surface area contributed by atoms with Crippen molar-refractivity contribution < 1.29 is 15.0 Å². The van der Waals surface area contributed by atoms with Gasteiger partial charge in [0.05, 0.1) is 0 Å². The summed E-state index contributed by atoms with van der Waals surface area (Å²) in [6.07, 6.45) is 2.20. The quantitative estimate of drug-likeness (QED) is 0.315. The van der Waals surface area contributed by atoms with E-state index in [0.717, 1.165) is 6.08 Å². The highest BCUT2D eigenvalue weighted by Crippen LogP contribution is 1.85. The van der Waals surface area contributed by atoms with Crippen molar-refractivity contribution in [3.05, 3.63) is 24.5 Å². The van der Waals surface area contributed by atoms with E-state index in [1.54, 1.807) is 0 Å². The monoisotopic (exact) mass is 114 g/mol. The van der Waals surface area contributed by atoms with Crippen LogP contribution in [-0.4, -0.2) is 16.2 Å². The van der Waals surface area contributed by atoms with E-state index >= 15 is 0 Å². The minimum Gasteiger partial charge on any atom is -0.502 e. The van der Waals surface area contributed by atoms with E-state index in [9.17, 15) is 4.79 Å². The zero-order valence-electron chi connectivity index (χ0n) is 4.16. The maximum absolute atomic E-state index is 9.72. The van der Waals surface area contributed by atoms with E-state index < -0.39 is 11.7 Å². The van der Waals surface area contributed by atoms with Crippen molar-refractivity contribution in [1.82, 2.24) is 0 Å². The van der Waals surface area contributed by atoms with Gasteiger partial charge in [-0.3, -0.25) is 0 Å². The molecule has 0 amide bonds. The Bertz CT molecular complexity index is 135. The van der Waals surface area contributed by atoms with Crippen LogP contribution in [0.15, 0.2) is 24.5 Å². The fraction of sp³-hybridized carbons (Fsp3) is 0. The van der Waals surface area contributed by atoms with Gasteiger partial charge < -0.3 is 10.2 Å². The van der Waals surface area contributed by atoms with Crippen LogP contribution < -0.4 is 0 Å². The largest absolute Gasteiger partial charge is 0.502 e. The lowest BCUT2D eigenvalue weighted by Crippen LogP contribution is -1.97. The molecule has 0 heterocycles. The highest BCUT2D eigenvalue weighted by Gasteiger charge is 1.98. The van der Waals surface area contributed by atoms with E-state index in [0.29, 0.717) is 0 Å². The van der Waals surface area contributed by atoms with E-state index in [-0.39, 0.29) is 0 Å². The number of carboxylic acid groups (broad SMARTS) is 1. The Labute approximate surface area is 46.6 Å². The number of aliphatic hydroxyl groups is 1. The van der Waals surface area contributed by atoms with Gasteiger partial charge in [0.25, 0.3) is 0 Å². The first-order chi connectivity index (χ1) is 3.68. The van der Waals surface area contributed by atoms with Gasteiger partial charge in [0, 0.05) is 0 Å². The van der Waals surface area contributed by atoms with Crippen LogP contribution >= 0.6 is 0 Å². The molecule has 0 aromatic heterocycles. The highest BCUT2D eigenvalue weighted by atomic mass is 16.4. The number of hydrogen-bond donors (Lipinski definition) is 2. The predicted molar refractivity (Wildman–Crippen MR) is 28.5 cm³/mol. The van der Waals surface area contributed by atoms with E-state index in [4.69, 9.17) is 10.2 Å². The number of aliphatic hydroxyl groups excluding tert-OH is 1. The van der Waals surface area contributed by atoms with Crippen LogP contribution in [0.25, 0.3) is 0 Å². The molecule has 0 rings (SSSR count). The van der Waals surface area contributed by atoms with E-state index in [1.807, 2.05) is 0 Å². The van der Waals surface area contributed by atoms with Crippen LogP contribution in [0.3, 0.4) is 0 Å². The van der Waals surface area contributed by atoms with Gasteiger partial charge >= 0.3 is 5.97 Å². The molecule has 0 saturated carbocycles. The Hall–Kier alpha value is -1.25. The van der Waals surface area contributed by atoms with Crippen LogP contribution in [0.4, 0.5) is 0 Å². The molecule has 2 N–H and O–H groups in total. The van der Waals surface area contributed by atoms with Crippen molar-refractivity contribution in [2.24, 2.45) is 0 Å². The maximum atomic E-state index is 9.72. The van der Waals surface area contributed by atoms with Gasteiger partial charge in [0.1, 0.15) is 0 Å². The van der Waals surface area contributed by atoms with Crippen LogP contribution in [0, 0.1) is 0 Å². The Balaban J connectivity index is 3.99. The molecule has 0 saturated heterocycles. The SMILES string of the molecule is C=C/C=C(\O)C(=O)O. The van der Waals surface area contributed by atoms with Crippen molar-refractivity contribution in [1.29, 1.82) is 0 Å². The minimum absolute atomic E-state index is 0.694. The van der Waals surface area contributed by atoms with Crippen LogP contribution in [-0.2, 0) is 4.79 Å². The molecule has 0 unspecified atom stereocenters. The molecule has 3 heteroatoms. The van der Waals surface area contributed by atoms with Gasteiger partial charge in [-0.05, 0) is 6.08 Å². The molecule has 0 bridgehead atoms. The Kier molecular flexibility index (Phi) is 2.40. The van der Waals surface area contributed by atoms with Gasteiger partial charge in [0.2, 0.25) is 5.76 Å². The molecule has 0 atom stereocenters. The van der Waals surface area contributed by atoms with Crippen LogP contribution in [0.5, 0.6) is 0 Å². The number of carboxylic acids is 1. The highest BCUT2D eigenvalue weighted by molar-refractivity contribution is 5.83. The fourth-order valence-corrected chi connectivity index (χ4v) is 0.183. The third kappa shape index (κ3) is 2.02. The lowest BCUT2D eigenvalue weighted by Gasteiger charge is -1.84. The Morgan fingerprint density at radius 1 is 1.50 bits per heavy atom. The average molecular weight is 114 g/mol. The van der Waals surface area contributed by atoms with E-state index in [1.165, 1.54) is 6.08 Å². The standard InChI is InChI=1S/C5H6O3/c1-2-3-4(6)5(7)8/h2-3,6H,1H2,(H,7,8)/b4-3-. The molecule has 0 aliphatic heterocycles. The third-order valence-electron chi connectivity index (χ3n) is 0.495. The fourth-order valence-electron chi connectivity index (χ4n) is 0.183.